The summed E-state index contributed by atoms with van der Waals surface area (Å²) in [6.07, 6.45) is 0. The van der Waals surface area contributed by atoms with Crippen molar-refractivity contribution in [1.82, 2.24) is 0 Å². The van der Waals surface area contributed by atoms with Gasteiger partial charge in [0, 0.05) is 10.7 Å². The molecular weight excluding hydrogens is 528 g/mol. The zero-order valence-corrected chi connectivity index (χ0v) is 21.2. The second-order valence-electron chi connectivity index (χ2n) is 7.47. The Morgan fingerprint density at radius 3 is 1.16 bits per heavy atom. The molecule has 0 radical (unpaired) electrons. The lowest BCUT2D eigenvalue weighted by Gasteiger charge is -2.16. The third kappa shape index (κ3) is 4.77. The molecule has 0 saturated carbocycles. The Kier molecular flexibility index (Phi) is 7.33. The van der Waals surface area contributed by atoms with E-state index in [1.807, 2.05) is 24.3 Å². The van der Waals surface area contributed by atoms with Crippen LogP contribution in [0.5, 0.6) is 11.5 Å². The molecule has 0 aliphatic carbocycles. The Hall–Kier alpha value is -2.56. The molecule has 4 heteroatoms. The van der Waals surface area contributed by atoms with E-state index in [0.29, 0.717) is 0 Å². The van der Waals surface area contributed by atoms with Gasteiger partial charge in [-0.05, 0) is 80.9 Å². The topological polar surface area (TPSA) is 18.5 Å². The zero-order chi connectivity index (χ0) is 22.5. The molecule has 0 amide bonds. The highest BCUT2D eigenvalue weighted by molar-refractivity contribution is 9.08. The molecular formula is C28H24Br2O2. The number of hydrogen-bond donors (Lipinski definition) is 0. The monoisotopic (exact) mass is 550 g/mol. The average Bonchev–Trinajstić information content (AvgIpc) is 2.88. The highest BCUT2D eigenvalue weighted by Gasteiger charge is 2.13. The van der Waals surface area contributed by atoms with Crippen molar-refractivity contribution in [3.8, 4) is 44.9 Å². The fourth-order valence-corrected chi connectivity index (χ4v) is 4.79. The van der Waals surface area contributed by atoms with E-state index in [1.54, 1.807) is 14.2 Å². The number of hydrogen-bond acceptors (Lipinski definition) is 2. The number of benzene rings is 4. The van der Waals surface area contributed by atoms with E-state index in [0.717, 1.165) is 22.2 Å². The minimum absolute atomic E-state index is 0.791. The summed E-state index contributed by atoms with van der Waals surface area (Å²) in [6, 6.07) is 29.8. The van der Waals surface area contributed by atoms with Gasteiger partial charge >= 0.3 is 0 Å². The van der Waals surface area contributed by atoms with Gasteiger partial charge in [0.2, 0.25) is 0 Å². The second-order valence-corrected chi connectivity index (χ2v) is 8.59. The van der Waals surface area contributed by atoms with Gasteiger partial charge in [0.25, 0.3) is 0 Å². The molecule has 4 aromatic rings. The molecule has 0 spiro atoms. The smallest absolute Gasteiger partial charge is 0.118 e. The first-order valence-corrected chi connectivity index (χ1v) is 12.6. The van der Waals surface area contributed by atoms with E-state index < -0.39 is 0 Å². The van der Waals surface area contributed by atoms with Crippen LogP contribution in [-0.2, 0) is 10.7 Å². The van der Waals surface area contributed by atoms with Gasteiger partial charge in [-0.25, -0.2) is 0 Å². The maximum atomic E-state index is 5.32. The summed E-state index contributed by atoms with van der Waals surface area (Å²) >= 11 is 7.38. The number of methoxy groups -OCH3 is 2. The van der Waals surface area contributed by atoms with Gasteiger partial charge < -0.3 is 9.47 Å². The van der Waals surface area contributed by atoms with Gasteiger partial charge in [-0.2, -0.15) is 0 Å². The first-order valence-electron chi connectivity index (χ1n) is 10.3. The van der Waals surface area contributed by atoms with Crippen molar-refractivity contribution in [1.29, 1.82) is 0 Å². The molecule has 2 nitrogen and oxygen atoms in total. The minimum Gasteiger partial charge on any atom is -0.497 e. The average molecular weight is 552 g/mol. The van der Waals surface area contributed by atoms with Gasteiger partial charge in [-0.1, -0.05) is 80.4 Å². The Morgan fingerprint density at radius 1 is 0.500 bits per heavy atom. The first-order chi connectivity index (χ1) is 15.7. The summed E-state index contributed by atoms with van der Waals surface area (Å²) in [7, 11) is 3.38. The van der Waals surface area contributed by atoms with Crippen molar-refractivity contribution in [2.75, 3.05) is 14.2 Å². The summed E-state index contributed by atoms with van der Waals surface area (Å²) in [5, 5.41) is 1.58. The molecule has 0 atom stereocenters. The van der Waals surface area contributed by atoms with Gasteiger partial charge in [-0.3, -0.25) is 0 Å². The van der Waals surface area contributed by atoms with E-state index in [-0.39, 0.29) is 0 Å². The van der Waals surface area contributed by atoms with Gasteiger partial charge in [0.05, 0.1) is 14.2 Å². The van der Waals surface area contributed by atoms with Crippen molar-refractivity contribution in [2.24, 2.45) is 0 Å². The molecule has 0 aliphatic rings. The molecule has 0 aliphatic heterocycles. The molecule has 0 saturated heterocycles. The number of rotatable bonds is 7. The van der Waals surface area contributed by atoms with Crippen LogP contribution in [0.25, 0.3) is 33.4 Å². The molecule has 32 heavy (non-hydrogen) atoms. The fourth-order valence-electron chi connectivity index (χ4n) is 3.81. The quantitative estimate of drug-likeness (QED) is 0.214. The maximum Gasteiger partial charge on any atom is 0.118 e. The highest BCUT2D eigenvalue weighted by Crippen LogP contribution is 2.37. The normalized spacial score (nSPS) is 10.8. The van der Waals surface area contributed by atoms with Crippen LogP contribution < -0.4 is 9.47 Å². The Morgan fingerprint density at radius 2 is 0.844 bits per heavy atom. The minimum atomic E-state index is 0.791. The molecule has 0 unspecified atom stereocenters. The third-order valence-corrected chi connectivity index (χ3v) is 6.85. The number of alkyl halides is 2. The highest BCUT2D eigenvalue weighted by atomic mass is 79.9. The van der Waals surface area contributed by atoms with Gasteiger partial charge in [-0.15, -0.1) is 0 Å². The molecule has 0 aromatic heterocycles. The van der Waals surface area contributed by atoms with E-state index in [9.17, 15) is 0 Å². The molecule has 4 aromatic carbocycles. The van der Waals surface area contributed by atoms with Crippen molar-refractivity contribution < 1.29 is 9.47 Å². The summed E-state index contributed by atoms with van der Waals surface area (Å²) in [5.74, 6) is 1.72. The van der Waals surface area contributed by atoms with Crippen molar-refractivity contribution in [2.45, 2.75) is 10.7 Å². The summed E-state index contributed by atoms with van der Waals surface area (Å²) in [4.78, 5) is 0. The van der Waals surface area contributed by atoms with Crippen molar-refractivity contribution in [3.05, 3.63) is 96.1 Å². The standard InChI is InChI=1S/C28H24Br2O2/c1-31-25-11-7-19(8-12-25)21-3-5-23(17-29)27(15-21)28-16-22(4-6-24(28)18-30)20-9-13-26(32-2)14-10-20/h3-16H,17-18H2,1-2H3. The number of ether oxygens (including phenoxy) is 2. The maximum absolute atomic E-state index is 5.32. The van der Waals surface area contributed by atoms with Crippen LogP contribution in [-0.4, -0.2) is 14.2 Å². The predicted molar refractivity (Wildman–Crippen MR) is 141 cm³/mol. The van der Waals surface area contributed by atoms with Crippen LogP contribution >= 0.6 is 31.9 Å². The summed E-state index contributed by atoms with van der Waals surface area (Å²) < 4.78 is 10.6. The van der Waals surface area contributed by atoms with Crippen LogP contribution in [0.15, 0.2) is 84.9 Å². The van der Waals surface area contributed by atoms with Crippen LogP contribution in [0.1, 0.15) is 11.1 Å². The predicted octanol–water partition coefficient (Wildman–Crippen LogP) is 8.49. The lowest BCUT2D eigenvalue weighted by atomic mass is 9.90. The second kappa shape index (κ2) is 10.4. The summed E-state index contributed by atoms with van der Waals surface area (Å²) in [6.45, 7) is 0. The van der Waals surface area contributed by atoms with Crippen LogP contribution in [0.4, 0.5) is 0 Å². The van der Waals surface area contributed by atoms with E-state index in [4.69, 9.17) is 9.47 Å². The van der Waals surface area contributed by atoms with E-state index in [1.165, 1.54) is 44.5 Å². The van der Waals surface area contributed by atoms with Crippen molar-refractivity contribution >= 4 is 31.9 Å². The molecule has 0 heterocycles. The zero-order valence-electron chi connectivity index (χ0n) is 18.1. The number of halogens is 2. The van der Waals surface area contributed by atoms with E-state index >= 15 is 0 Å². The largest absolute Gasteiger partial charge is 0.497 e. The molecule has 162 valence electrons. The van der Waals surface area contributed by atoms with Crippen LogP contribution in [0, 0.1) is 0 Å². The van der Waals surface area contributed by atoms with Gasteiger partial charge in [0.15, 0.2) is 0 Å². The van der Waals surface area contributed by atoms with Gasteiger partial charge in [0.1, 0.15) is 11.5 Å². The third-order valence-electron chi connectivity index (χ3n) is 5.64. The summed E-state index contributed by atoms with van der Waals surface area (Å²) in [5.41, 5.74) is 9.69. The Bertz CT molecular complexity index is 1100. The first kappa shape index (κ1) is 22.6. The molecule has 0 bridgehead atoms. The van der Waals surface area contributed by atoms with Crippen molar-refractivity contribution in [3.63, 3.8) is 0 Å². The van der Waals surface area contributed by atoms with Crippen LogP contribution in [0.3, 0.4) is 0 Å². The van der Waals surface area contributed by atoms with Crippen LogP contribution in [0.2, 0.25) is 0 Å². The van der Waals surface area contributed by atoms with E-state index in [2.05, 4.69) is 92.5 Å². The molecule has 0 N–H and O–H groups in total. The molecule has 4 rings (SSSR count). The Balaban J connectivity index is 1.82. The fraction of sp³-hybridized carbons (Fsp3) is 0.143. The Labute approximate surface area is 206 Å². The lowest BCUT2D eigenvalue weighted by molar-refractivity contribution is 0.415. The SMILES string of the molecule is COc1ccc(-c2ccc(CBr)c(-c3cc(-c4ccc(OC)cc4)ccc3CBr)c2)cc1. The molecule has 0 fully saturated rings. The lowest BCUT2D eigenvalue weighted by Crippen LogP contribution is -1.94.